The molecule has 1 saturated carbocycles. The number of amides is 2. The first-order chi connectivity index (χ1) is 14.8. The molecular formula is C22H25N3O5S. The van der Waals surface area contributed by atoms with E-state index in [1.165, 1.54) is 18.2 Å². The molecule has 0 radical (unpaired) electrons. The lowest BCUT2D eigenvalue weighted by atomic mass is 10.1. The molecule has 8 nitrogen and oxygen atoms in total. The average molecular weight is 444 g/mol. The SMILES string of the molecule is Cc1ccc(S(=O)(=O)NC2CC2)cc1C(=O)N1CCN(C(=O)c2ccccc2O)CC1. The van der Waals surface area contributed by atoms with Crippen LogP contribution in [0, 0.1) is 6.92 Å². The molecule has 2 amide bonds. The van der Waals surface area contributed by atoms with E-state index in [0.717, 1.165) is 12.8 Å². The number of phenolic OH excluding ortho intramolecular Hbond substituents is 1. The van der Waals surface area contributed by atoms with Crippen LogP contribution in [0.5, 0.6) is 5.75 Å². The Morgan fingerprint density at radius 1 is 0.935 bits per heavy atom. The number of hydrogen-bond acceptors (Lipinski definition) is 5. The summed E-state index contributed by atoms with van der Waals surface area (Å²) in [6, 6.07) is 11.0. The number of aryl methyl sites for hydroxylation is 1. The molecule has 2 aromatic carbocycles. The Hall–Kier alpha value is -2.91. The molecule has 1 saturated heterocycles. The van der Waals surface area contributed by atoms with E-state index in [1.807, 2.05) is 0 Å². The Morgan fingerprint density at radius 3 is 2.10 bits per heavy atom. The largest absolute Gasteiger partial charge is 0.507 e. The van der Waals surface area contributed by atoms with Crippen molar-refractivity contribution in [2.24, 2.45) is 0 Å². The molecule has 9 heteroatoms. The Bertz CT molecular complexity index is 1120. The molecular weight excluding hydrogens is 418 g/mol. The topological polar surface area (TPSA) is 107 Å². The number of benzene rings is 2. The molecule has 1 aliphatic heterocycles. The van der Waals surface area contributed by atoms with Gasteiger partial charge in [-0.05, 0) is 49.6 Å². The summed E-state index contributed by atoms with van der Waals surface area (Å²) in [7, 11) is -3.65. The normalized spacial score (nSPS) is 16.9. The molecule has 2 aliphatic rings. The highest BCUT2D eigenvalue weighted by molar-refractivity contribution is 7.89. The summed E-state index contributed by atoms with van der Waals surface area (Å²) >= 11 is 0. The van der Waals surface area contributed by atoms with Crippen LogP contribution in [0.3, 0.4) is 0 Å². The highest BCUT2D eigenvalue weighted by Gasteiger charge is 2.30. The fourth-order valence-electron chi connectivity index (χ4n) is 3.60. The summed E-state index contributed by atoms with van der Waals surface area (Å²) in [5.41, 5.74) is 1.28. The van der Waals surface area contributed by atoms with E-state index in [0.29, 0.717) is 37.3 Å². The van der Waals surface area contributed by atoms with Crippen molar-refractivity contribution in [3.05, 3.63) is 59.2 Å². The van der Waals surface area contributed by atoms with Gasteiger partial charge in [-0.15, -0.1) is 0 Å². The van der Waals surface area contributed by atoms with E-state index in [9.17, 15) is 23.1 Å². The standard InChI is InChI=1S/C22H25N3O5S/c1-15-6-9-17(31(29,30)23-16-7-8-16)14-19(15)22(28)25-12-10-24(11-13-25)21(27)18-4-2-3-5-20(18)26/h2-6,9,14,16,23,26H,7-8,10-13H2,1H3. The van der Waals surface area contributed by atoms with Crippen LogP contribution in [-0.4, -0.2) is 67.4 Å². The van der Waals surface area contributed by atoms with Crippen molar-refractivity contribution in [3.8, 4) is 5.75 Å². The van der Waals surface area contributed by atoms with Gasteiger partial charge in [0.2, 0.25) is 10.0 Å². The van der Waals surface area contributed by atoms with Crippen LogP contribution in [0.25, 0.3) is 0 Å². The third-order valence-electron chi connectivity index (χ3n) is 5.64. The van der Waals surface area contributed by atoms with E-state index in [-0.39, 0.29) is 34.1 Å². The molecule has 0 bridgehead atoms. The first kappa shape index (κ1) is 21.3. The molecule has 31 heavy (non-hydrogen) atoms. The second kappa shape index (κ2) is 8.32. The predicted octanol–water partition coefficient (Wildman–Crippen LogP) is 1.74. The zero-order valence-corrected chi connectivity index (χ0v) is 18.1. The zero-order chi connectivity index (χ0) is 22.2. The van der Waals surface area contributed by atoms with E-state index >= 15 is 0 Å². The molecule has 164 valence electrons. The van der Waals surface area contributed by atoms with Crippen molar-refractivity contribution in [3.63, 3.8) is 0 Å². The molecule has 2 aromatic rings. The van der Waals surface area contributed by atoms with Gasteiger partial charge in [0.1, 0.15) is 5.75 Å². The third kappa shape index (κ3) is 4.57. The van der Waals surface area contributed by atoms with Gasteiger partial charge in [-0.2, -0.15) is 0 Å². The minimum absolute atomic E-state index is 0.0138. The van der Waals surface area contributed by atoms with Gasteiger partial charge in [0.05, 0.1) is 10.5 Å². The van der Waals surface area contributed by atoms with Gasteiger partial charge in [-0.1, -0.05) is 18.2 Å². The molecule has 1 heterocycles. The molecule has 4 rings (SSSR count). The van der Waals surface area contributed by atoms with Crippen LogP contribution in [-0.2, 0) is 10.0 Å². The van der Waals surface area contributed by atoms with Crippen molar-refractivity contribution >= 4 is 21.8 Å². The van der Waals surface area contributed by atoms with Gasteiger partial charge >= 0.3 is 0 Å². The number of carbonyl (C=O) groups is 2. The maximum absolute atomic E-state index is 13.1. The van der Waals surface area contributed by atoms with Gasteiger partial charge in [-0.3, -0.25) is 9.59 Å². The van der Waals surface area contributed by atoms with Crippen molar-refractivity contribution in [2.45, 2.75) is 30.7 Å². The molecule has 0 aromatic heterocycles. The summed E-state index contributed by atoms with van der Waals surface area (Å²) < 4.78 is 27.7. The van der Waals surface area contributed by atoms with Crippen molar-refractivity contribution in [1.82, 2.24) is 14.5 Å². The maximum atomic E-state index is 13.1. The quantitative estimate of drug-likeness (QED) is 0.732. The van der Waals surface area contributed by atoms with Crippen LogP contribution in [0.15, 0.2) is 47.4 Å². The van der Waals surface area contributed by atoms with Crippen LogP contribution in [0.1, 0.15) is 39.1 Å². The second-order valence-corrected chi connectivity index (χ2v) is 9.69. The van der Waals surface area contributed by atoms with E-state index < -0.39 is 10.0 Å². The van der Waals surface area contributed by atoms with Crippen LogP contribution < -0.4 is 4.72 Å². The number of nitrogens with zero attached hydrogens (tertiary/aromatic N) is 2. The van der Waals surface area contributed by atoms with E-state index in [1.54, 1.807) is 41.0 Å². The lowest BCUT2D eigenvalue weighted by Crippen LogP contribution is -2.50. The van der Waals surface area contributed by atoms with Gasteiger partial charge in [0, 0.05) is 37.8 Å². The number of sulfonamides is 1. The summed E-state index contributed by atoms with van der Waals surface area (Å²) in [5.74, 6) is -0.601. The predicted molar refractivity (Wildman–Crippen MR) is 114 cm³/mol. The van der Waals surface area contributed by atoms with Gasteiger partial charge < -0.3 is 14.9 Å². The number of nitrogens with one attached hydrogen (secondary N) is 1. The third-order valence-corrected chi connectivity index (χ3v) is 7.16. The maximum Gasteiger partial charge on any atom is 0.257 e. The summed E-state index contributed by atoms with van der Waals surface area (Å²) in [6.45, 7) is 3.10. The average Bonchev–Trinajstić information content (AvgIpc) is 3.57. The molecule has 0 unspecified atom stereocenters. The number of hydrogen-bond donors (Lipinski definition) is 2. The Kier molecular flexibility index (Phi) is 5.72. The number of phenols is 1. The van der Waals surface area contributed by atoms with Gasteiger partial charge in [0.15, 0.2) is 0 Å². The summed E-state index contributed by atoms with van der Waals surface area (Å²) in [4.78, 5) is 29.1. The second-order valence-electron chi connectivity index (χ2n) is 7.97. The number of carbonyl (C=O) groups excluding carboxylic acids is 2. The van der Waals surface area contributed by atoms with Crippen molar-refractivity contribution in [2.75, 3.05) is 26.2 Å². The minimum atomic E-state index is -3.65. The zero-order valence-electron chi connectivity index (χ0n) is 17.2. The Balaban J connectivity index is 1.45. The Morgan fingerprint density at radius 2 is 1.52 bits per heavy atom. The number of aromatic hydroxyl groups is 1. The minimum Gasteiger partial charge on any atom is -0.507 e. The van der Waals surface area contributed by atoms with Crippen molar-refractivity contribution in [1.29, 1.82) is 0 Å². The number of rotatable bonds is 5. The van der Waals surface area contributed by atoms with Crippen molar-refractivity contribution < 1.29 is 23.1 Å². The molecule has 0 atom stereocenters. The molecule has 1 aliphatic carbocycles. The first-order valence-electron chi connectivity index (χ1n) is 10.3. The molecule has 2 N–H and O–H groups in total. The van der Waals surface area contributed by atoms with Gasteiger partial charge in [0.25, 0.3) is 11.8 Å². The fraction of sp³-hybridized carbons (Fsp3) is 0.364. The fourth-order valence-corrected chi connectivity index (χ4v) is 4.93. The molecule has 2 fully saturated rings. The monoisotopic (exact) mass is 443 g/mol. The number of para-hydroxylation sites is 1. The van der Waals surface area contributed by atoms with E-state index in [2.05, 4.69) is 4.72 Å². The Labute approximate surface area is 181 Å². The summed E-state index contributed by atoms with van der Waals surface area (Å²) in [6.07, 6.45) is 1.67. The van der Waals surface area contributed by atoms with E-state index in [4.69, 9.17) is 0 Å². The van der Waals surface area contributed by atoms with Crippen LogP contribution in [0.2, 0.25) is 0 Å². The summed E-state index contributed by atoms with van der Waals surface area (Å²) in [5, 5.41) is 9.91. The smallest absolute Gasteiger partial charge is 0.257 e. The number of piperazine rings is 1. The van der Waals surface area contributed by atoms with Crippen LogP contribution in [0.4, 0.5) is 0 Å². The highest BCUT2D eigenvalue weighted by atomic mass is 32.2. The lowest BCUT2D eigenvalue weighted by molar-refractivity contribution is 0.0533. The molecule has 0 spiro atoms. The first-order valence-corrected chi connectivity index (χ1v) is 11.7. The van der Waals surface area contributed by atoms with Gasteiger partial charge in [-0.25, -0.2) is 13.1 Å². The van der Waals surface area contributed by atoms with Crippen LogP contribution >= 0.6 is 0 Å². The lowest BCUT2D eigenvalue weighted by Gasteiger charge is -2.35. The highest BCUT2D eigenvalue weighted by Crippen LogP contribution is 2.24.